The summed E-state index contributed by atoms with van der Waals surface area (Å²) in [5, 5.41) is 35.9. The minimum absolute atomic E-state index is 0.331. The van der Waals surface area contributed by atoms with Gasteiger partial charge in [-0.2, -0.15) is 0 Å². The maximum atomic E-state index is 10.2. The molecule has 164 valence electrons. The number of hydrogen-bond donors (Lipinski definition) is 4. The molecule has 6 nitrogen and oxygen atoms in total. The highest BCUT2D eigenvalue weighted by Crippen LogP contribution is 2.23. The van der Waals surface area contributed by atoms with Gasteiger partial charge in [0.2, 0.25) is 0 Å². The van der Waals surface area contributed by atoms with Crippen LogP contribution in [0.1, 0.15) is 60.2 Å². The number of benzene rings is 2. The molecule has 2 rings (SSSR count). The fourth-order valence-corrected chi connectivity index (χ4v) is 2.73. The molecule has 30 heavy (non-hydrogen) atoms. The van der Waals surface area contributed by atoms with Crippen molar-refractivity contribution >= 4 is 11.9 Å². The Bertz CT molecular complexity index is 693. The molecule has 2 aromatic carbocycles. The molecule has 4 N–H and O–H groups in total. The quantitative estimate of drug-likeness (QED) is 0.466. The number of carbonyl (C=O) groups is 2. The van der Waals surface area contributed by atoms with E-state index >= 15 is 0 Å². The van der Waals surface area contributed by atoms with Crippen LogP contribution in [-0.4, -0.2) is 44.1 Å². The Hall–Kier alpha value is -2.96. The van der Waals surface area contributed by atoms with Gasteiger partial charge in [0, 0.05) is 6.42 Å². The molecule has 2 atom stereocenters. The molecule has 2 aromatic rings. The molecule has 0 bridgehead atoms. The first kappa shape index (κ1) is 27.0. The van der Waals surface area contributed by atoms with Crippen LogP contribution in [0.5, 0.6) is 0 Å². The highest BCUT2D eigenvalue weighted by Gasteiger charge is 2.25. The number of aliphatic hydroxyl groups excluding tert-OH is 1. The average Bonchev–Trinajstić information content (AvgIpc) is 2.70. The molecule has 6 heteroatoms. The minimum atomic E-state index is -0.879. The standard InChI is InChI=1S/C10H20O2.2C7H6O2/c1-4-6-10(12,7-5-2)8-9(3)11;2*8-7(9)6-4-2-1-3-5-6/h4,9,11-12H,1,5-8H2,2-3H3;2*1-5H,(H,8,9). The van der Waals surface area contributed by atoms with Crippen LogP contribution in [0.25, 0.3) is 0 Å². The van der Waals surface area contributed by atoms with Gasteiger partial charge in [0.25, 0.3) is 0 Å². The van der Waals surface area contributed by atoms with Crippen LogP contribution < -0.4 is 0 Å². The fraction of sp³-hybridized carbons (Fsp3) is 0.333. The van der Waals surface area contributed by atoms with Gasteiger partial charge in [0.05, 0.1) is 22.8 Å². The van der Waals surface area contributed by atoms with E-state index in [9.17, 15) is 14.7 Å². The summed E-state index contributed by atoms with van der Waals surface area (Å²) in [4.78, 5) is 20.4. The Balaban J connectivity index is 0.000000426. The van der Waals surface area contributed by atoms with Gasteiger partial charge in [-0.3, -0.25) is 0 Å². The monoisotopic (exact) mass is 416 g/mol. The smallest absolute Gasteiger partial charge is 0.335 e. The third-order valence-corrected chi connectivity index (χ3v) is 3.96. The average molecular weight is 417 g/mol. The Kier molecular flexibility index (Phi) is 13.5. The molecule has 0 aromatic heterocycles. The summed E-state index contributed by atoms with van der Waals surface area (Å²) in [7, 11) is 0. The molecule has 0 spiro atoms. The van der Waals surface area contributed by atoms with Crippen LogP contribution >= 0.6 is 0 Å². The van der Waals surface area contributed by atoms with E-state index in [1.807, 2.05) is 6.92 Å². The third kappa shape index (κ3) is 12.5. The first-order chi connectivity index (χ1) is 14.1. The van der Waals surface area contributed by atoms with Crippen molar-refractivity contribution in [3.05, 3.63) is 84.4 Å². The lowest BCUT2D eigenvalue weighted by Crippen LogP contribution is -2.31. The van der Waals surface area contributed by atoms with E-state index in [4.69, 9.17) is 15.3 Å². The number of aliphatic hydroxyl groups is 2. The van der Waals surface area contributed by atoms with E-state index in [-0.39, 0.29) is 0 Å². The van der Waals surface area contributed by atoms with E-state index < -0.39 is 23.6 Å². The molecule has 0 radical (unpaired) electrons. The third-order valence-electron chi connectivity index (χ3n) is 3.96. The lowest BCUT2D eigenvalue weighted by molar-refractivity contribution is -0.0108. The zero-order valence-corrected chi connectivity index (χ0v) is 17.6. The Morgan fingerprint density at radius 3 is 1.60 bits per heavy atom. The zero-order chi connectivity index (χ0) is 23.0. The van der Waals surface area contributed by atoms with Gasteiger partial charge in [-0.1, -0.05) is 55.8 Å². The van der Waals surface area contributed by atoms with Crippen LogP contribution in [0, 0.1) is 0 Å². The van der Waals surface area contributed by atoms with Gasteiger partial charge in [-0.15, -0.1) is 6.58 Å². The topological polar surface area (TPSA) is 115 Å². The van der Waals surface area contributed by atoms with Crippen molar-refractivity contribution in [3.8, 4) is 0 Å². The first-order valence-electron chi connectivity index (χ1n) is 9.73. The largest absolute Gasteiger partial charge is 0.478 e. The molecule has 0 amide bonds. The van der Waals surface area contributed by atoms with Crippen molar-refractivity contribution in [2.24, 2.45) is 0 Å². The first-order valence-corrected chi connectivity index (χ1v) is 9.73. The summed E-state index contributed by atoms with van der Waals surface area (Å²) >= 11 is 0. The van der Waals surface area contributed by atoms with Gasteiger partial charge in [0.1, 0.15) is 0 Å². The molecule has 0 saturated carbocycles. The van der Waals surface area contributed by atoms with Crippen LogP contribution in [0.2, 0.25) is 0 Å². The molecule has 0 saturated heterocycles. The fourth-order valence-electron chi connectivity index (χ4n) is 2.73. The molecular formula is C24H32O6. The summed E-state index contributed by atoms with van der Waals surface area (Å²) < 4.78 is 0. The Morgan fingerprint density at radius 1 is 0.967 bits per heavy atom. The van der Waals surface area contributed by atoms with Crippen LogP contribution in [-0.2, 0) is 0 Å². The second kappa shape index (κ2) is 15.0. The van der Waals surface area contributed by atoms with Crippen molar-refractivity contribution in [3.63, 3.8) is 0 Å². The minimum Gasteiger partial charge on any atom is -0.478 e. The maximum absolute atomic E-state index is 10.2. The molecule has 0 aliphatic rings. The lowest BCUT2D eigenvalue weighted by Gasteiger charge is -2.27. The normalized spacial score (nSPS) is 12.7. The van der Waals surface area contributed by atoms with E-state index in [0.717, 1.165) is 12.8 Å². The van der Waals surface area contributed by atoms with Crippen molar-refractivity contribution in [1.82, 2.24) is 0 Å². The van der Waals surface area contributed by atoms with E-state index in [2.05, 4.69) is 6.58 Å². The number of hydrogen-bond acceptors (Lipinski definition) is 4. The highest BCUT2D eigenvalue weighted by atomic mass is 16.4. The summed E-state index contributed by atoms with van der Waals surface area (Å²) in [6, 6.07) is 16.6. The molecular weight excluding hydrogens is 384 g/mol. The van der Waals surface area contributed by atoms with E-state index in [0.29, 0.717) is 24.0 Å². The zero-order valence-electron chi connectivity index (χ0n) is 17.6. The highest BCUT2D eigenvalue weighted by molar-refractivity contribution is 5.87. The lowest BCUT2D eigenvalue weighted by atomic mass is 9.88. The second-order valence-corrected chi connectivity index (χ2v) is 6.86. The van der Waals surface area contributed by atoms with Crippen LogP contribution in [0.4, 0.5) is 0 Å². The Labute approximate surface area is 178 Å². The van der Waals surface area contributed by atoms with Crippen molar-refractivity contribution in [2.75, 3.05) is 0 Å². The van der Waals surface area contributed by atoms with Crippen LogP contribution in [0.15, 0.2) is 73.3 Å². The Morgan fingerprint density at radius 2 is 1.37 bits per heavy atom. The SMILES string of the molecule is C=CCC(O)(CCC)CC(C)O.O=C(O)c1ccccc1.O=C(O)c1ccccc1. The molecule has 0 aliphatic carbocycles. The molecule has 0 heterocycles. The summed E-state index contributed by atoms with van der Waals surface area (Å²) in [6.45, 7) is 7.32. The second-order valence-electron chi connectivity index (χ2n) is 6.86. The number of carboxylic acids is 2. The predicted molar refractivity (Wildman–Crippen MR) is 118 cm³/mol. The summed E-state index contributed by atoms with van der Waals surface area (Å²) in [5.41, 5.74) is -0.0833. The van der Waals surface area contributed by atoms with E-state index in [1.165, 1.54) is 0 Å². The summed E-state index contributed by atoms with van der Waals surface area (Å²) in [5.74, 6) is -1.76. The molecule has 0 fully saturated rings. The van der Waals surface area contributed by atoms with Gasteiger partial charge in [-0.05, 0) is 44.0 Å². The molecule has 2 unspecified atom stereocenters. The van der Waals surface area contributed by atoms with Gasteiger partial charge in [-0.25, -0.2) is 9.59 Å². The number of rotatable bonds is 8. The van der Waals surface area contributed by atoms with Crippen molar-refractivity contribution < 1.29 is 30.0 Å². The predicted octanol–water partition coefficient (Wildman–Crippen LogP) is 4.63. The van der Waals surface area contributed by atoms with Crippen LogP contribution in [0.3, 0.4) is 0 Å². The van der Waals surface area contributed by atoms with Crippen molar-refractivity contribution in [1.29, 1.82) is 0 Å². The maximum Gasteiger partial charge on any atom is 0.335 e. The van der Waals surface area contributed by atoms with Gasteiger partial charge in [0.15, 0.2) is 0 Å². The van der Waals surface area contributed by atoms with E-state index in [1.54, 1.807) is 73.7 Å². The molecule has 0 aliphatic heterocycles. The number of carboxylic acid groups (broad SMARTS) is 2. The van der Waals surface area contributed by atoms with Crippen molar-refractivity contribution in [2.45, 2.75) is 51.2 Å². The summed E-state index contributed by atoms with van der Waals surface area (Å²) in [6.07, 6.45) is 3.92. The van der Waals surface area contributed by atoms with Gasteiger partial charge < -0.3 is 20.4 Å². The van der Waals surface area contributed by atoms with Gasteiger partial charge >= 0.3 is 11.9 Å². The number of aromatic carboxylic acids is 2.